The molecule has 6 nitrogen and oxygen atoms in total. The molecule has 1 unspecified atom stereocenters. The molecule has 2 rings (SSSR count). The summed E-state index contributed by atoms with van der Waals surface area (Å²) in [6.07, 6.45) is -0.0527. The largest absolute Gasteiger partial charge is 0.480 e. The van der Waals surface area contributed by atoms with Crippen molar-refractivity contribution in [3.63, 3.8) is 0 Å². The minimum Gasteiger partial charge on any atom is -0.480 e. The van der Waals surface area contributed by atoms with Crippen molar-refractivity contribution in [1.29, 1.82) is 0 Å². The lowest BCUT2D eigenvalue weighted by Crippen LogP contribution is -2.46. The van der Waals surface area contributed by atoms with Gasteiger partial charge in [0.1, 0.15) is 5.76 Å². The van der Waals surface area contributed by atoms with Crippen molar-refractivity contribution >= 4 is 23.3 Å². The Morgan fingerprint density at radius 3 is 2.64 bits per heavy atom. The molecule has 0 aromatic carbocycles. The maximum absolute atomic E-state index is 12.5. The van der Waals surface area contributed by atoms with Crippen molar-refractivity contribution in [1.82, 2.24) is 5.16 Å². The first kappa shape index (κ1) is 16.2. The summed E-state index contributed by atoms with van der Waals surface area (Å²) in [5, 5.41) is 15.4. The SMILES string of the molecule is CCOC(=O)C(Cc1c(C)noc1C)(C(=O)O)c1cccs1. The van der Waals surface area contributed by atoms with Crippen molar-refractivity contribution in [3.8, 4) is 0 Å². The van der Waals surface area contributed by atoms with Crippen LogP contribution < -0.4 is 0 Å². The fourth-order valence-corrected chi connectivity index (χ4v) is 3.23. The van der Waals surface area contributed by atoms with E-state index >= 15 is 0 Å². The number of thiophene rings is 1. The first-order valence-electron chi connectivity index (χ1n) is 6.79. The molecular weight excluding hydrogens is 306 g/mol. The molecule has 0 saturated carbocycles. The van der Waals surface area contributed by atoms with Crippen molar-refractivity contribution < 1.29 is 24.0 Å². The maximum atomic E-state index is 12.5. The predicted octanol–water partition coefficient (Wildman–Crippen LogP) is 2.48. The average Bonchev–Trinajstić information content (AvgIpc) is 3.09. The molecular formula is C15H17NO5S. The number of aryl methyl sites for hydroxylation is 2. The van der Waals surface area contributed by atoms with Crippen LogP contribution in [-0.4, -0.2) is 28.8 Å². The first-order valence-corrected chi connectivity index (χ1v) is 7.67. The zero-order valence-corrected chi connectivity index (χ0v) is 13.4. The fraction of sp³-hybridized carbons (Fsp3) is 0.400. The third kappa shape index (κ3) is 2.64. The van der Waals surface area contributed by atoms with Gasteiger partial charge in [-0.05, 0) is 32.2 Å². The number of rotatable bonds is 6. The van der Waals surface area contributed by atoms with Gasteiger partial charge in [0, 0.05) is 16.9 Å². The summed E-state index contributed by atoms with van der Waals surface area (Å²) < 4.78 is 10.1. The molecule has 7 heteroatoms. The van der Waals surface area contributed by atoms with E-state index in [2.05, 4.69) is 5.16 Å². The van der Waals surface area contributed by atoms with E-state index in [1.807, 2.05) is 0 Å². The standard InChI is InChI=1S/C15H17NO5S/c1-4-20-14(19)15(13(17)18,12-6-5-7-22-12)8-11-9(2)16-21-10(11)3/h5-7H,4,8H2,1-3H3,(H,17,18). The number of nitrogens with zero attached hydrogens (tertiary/aromatic N) is 1. The van der Waals surface area contributed by atoms with Gasteiger partial charge in [0.2, 0.25) is 5.41 Å². The van der Waals surface area contributed by atoms with Crippen LogP contribution in [0, 0.1) is 13.8 Å². The first-order chi connectivity index (χ1) is 10.4. The van der Waals surface area contributed by atoms with Gasteiger partial charge in [0.05, 0.1) is 12.3 Å². The van der Waals surface area contributed by atoms with Crippen LogP contribution in [0.15, 0.2) is 22.0 Å². The Labute approximate surface area is 131 Å². The van der Waals surface area contributed by atoms with Crippen LogP contribution in [0.25, 0.3) is 0 Å². The Hall–Kier alpha value is -2.15. The number of aliphatic carboxylic acids is 1. The van der Waals surface area contributed by atoms with E-state index in [9.17, 15) is 14.7 Å². The van der Waals surface area contributed by atoms with Crippen LogP contribution in [0.4, 0.5) is 0 Å². The van der Waals surface area contributed by atoms with Crippen LogP contribution in [0.3, 0.4) is 0 Å². The highest BCUT2D eigenvalue weighted by Crippen LogP contribution is 2.35. The maximum Gasteiger partial charge on any atom is 0.329 e. The molecule has 2 heterocycles. The van der Waals surface area contributed by atoms with E-state index in [-0.39, 0.29) is 13.0 Å². The Kier molecular flexibility index (Phi) is 4.65. The predicted molar refractivity (Wildman–Crippen MR) is 79.9 cm³/mol. The highest BCUT2D eigenvalue weighted by Gasteiger charge is 2.51. The molecule has 0 aliphatic heterocycles. The lowest BCUT2D eigenvalue weighted by molar-refractivity contribution is -0.161. The average molecular weight is 323 g/mol. The van der Waals surface area contributed by atoms with Crippen molar-refractivity contribution in [2.24, 2.45) is 0 Å². The van der Waals surface area contributed by atoms with Crippen molar-refractivity contribution in [2.45, 2.75) is 32.6 Å². The molecule has 0 amide bonds. The lowest BCUT2D eigenvalue weighted by atomic mass is 9.79. The minimum atomic E-state index is -1.79. The number of carboxylic acids is 1. The molecule has 2 aromatic rings. The quantitative estimate of drug-likeness (QED) is 0.649. The number of hydrogen-bond donors (Lipinski definition) is 1. The van der Waals surface area contributed by atoms with Crippen LogP contribution in [0.2, 0.25) is 0 Å². The summed E-state index contributed by atoms with van der Waals surface area (Å²) in [5.74, 6) is -1.51. The van der Waals surface area contributed by atoms with Crippen LogP contribution in [-0.2, 0) is 26.2 Å². The number of carbonyl (C=O) groups excluding carboxylic acids is 1. The van der Waals surface area contributed by atoms with Gasteiger partial charge < -0.3 is 14.4 Å². The van der Waals surface area contributed by atoms with Gasteiger partial charge in [-0.1, -0.05) is 11.2 Å². The second-order valence-corrected chi connectivity index (χ2v) is 5.84. The summed E-state index contributed by atoms with van der Waals surface area (Å²) in [7, 11) is 0. The summed E-state index contributed by atoms with van der Waals surface area (Å²) in [6.45, 7) is 5.18. The summed E-state index contributed by atoms with van der Waals surface area (Å²) >= 11 is 1.21. The Morgan fingerprint density at radius 1 is 1.45 bits per heavy atom. The highest BCUT2D eigenvalue weighted by molar-refractivity contribution is 7.10. The van der Waals surface area contributed by atoms with E-state index in [1.54, 1.807) is 38.3 Å². The topological polar surface area (TPSA) is 89.6 Å². The third-order valence-corrected chi connectivity index (χ3v) is 4.59. The monoisotopic (exact) mass is 323 g/mol. The van der Waals surface area contributed by atoms with Crippen molar-refractivity contribution in [2.75, 3.05) is 6.61 Å². The minimum absolute atomic E-state index is 0.0527. The number of ether oxygens (including phenoxy) is 1. The van der Waals surface area contributed by atoms with Gasteiger partial charge in [-0.15, -0.1) is 11.3 Å². The van der Waals surface area contributed by atoms with E-state index in [1.165, 1.54) is 11.3 Å². The zero-order valence-electron chi connectivity index (χ0n) is 12.6. The van der Waals surface area contributed by atoms with Gasteiger partial charge in [-0.2, -0.15) is 0 Å². The van der Waals surface area contributed by atoms with E-state index in [0.29, 0.717) is 21.9 Å². The summed E-state index contributed by atoms with van der Waals surface area (Å²) in [6, 6.07) is 3.35. The van der Waals surface area contributed by atoms with Crippen LogP contribution in [0.5, 0.6) is 0 Å². The number of aromatic nitrogens is 1. The highest BCUT2D eigenvalue weighted by atomic mass is 32.1. The number of hydrogen-bond acceptors (Lipinski definition) is 6. The molecule has 0 aliphatic rings. The molecule has 0 fully saturated rings. The van der Waals surface area contributed by atoms with Gasteiger partial charge in [-0.3, -0.25) is 9.59 Å². The molecule has 1 N–H and O–H groups in total. The summed E-state index contributed by atoms with van der Waals surface area (Å²) in [5.41, 5.74) is -0.599. The number of carbonyl (C=O) groups is 2. The van der Waals surface area contributed by atoms with E-state index in [4.69, 9.17) is 9.26 Å². The number of carboxylic acid groups (broad SMARTS) is 1. The molecule has 2 aromatic heterocycles. The molecule has 22 heavy (non-hydrogen) atoms. The smallest absolute Gasteiger partial charge is 0.329 e. The Bertz CT molecular complexity index is 657. The molecule has 0 bridgehead atoms. The Balaban J connectivity index is 2.58. The number of esters is 1. The van der Waals surface area contributed by atoms with Gasteiger partial charge in [-0.25, -0.2) is 0 Å². The van der Waals surface area contributed by atoms with Crippen molar-refractivity contribution in [3.05, 3.63) is 39.4 Å². The normalized spacial score (nSPS) is 13.6. The molecule has 0 radical (unpaired) electrons. The summed E-state index contributed by atoms with van der Waals surface area (Å²) in [4.78, 5) is 25.0. The van der Waals surface area contributed by atoms with E-state index < -0.39 is 17.4 Å². The van der Waals surface area contributed by atoms with E-state index in [0.717, 1.165) is 0 Å². The van der Waals surface area contributed by atoms with Crippen LogP contribution >= 0.6 is 11.3 Å². The fourth-order valence-electron chi connectivity index (χ4n) is 2.32. The second kappa shape index (κ2) is 6.31. The third-order valence-electron chi connectivity index (χ3n) is 3.55. The molecule has 1 atom stereocenters. The zero-order chi connectivity index (χ0) is 16.3. The second-order valence-electron chi connectivity index (χ2n) is 4.89. The van der Waals surface area contributed by atoms with Crippen LogP contribution in [0.1, 0.15) is 28.8 Å². The van der Waals surface area contributed by atoms with Gasteiger partial charge >= 0.3 is 11.9 Å². The molecule has 0 saturated heterocycles. The van der Waals surface area contributed by atoms with Gasteiger partial charge in [0.15, 0.2) is 0 Å². The molecule has 118 valence electrons. The Morgan fingerprint density at radius 2 is 2.18 bits per heavy atom. The molecule has 0 aliphatic carbocycles. The molecule has 0 spiro atoms. The van der Waals surface area contributed by atoms with Gasteiger partial charge in [0.25, 0.3) is 0 Å². The lowest BCUT2D eigenvalue weighted by Gasteiger charge is -2.26.